The van der Waals surface area contributed by atoms with Crippen LogP contribution in [0.5, 0.6) is 0 Å². The Balaban J connectivity index is 2.44. The summed E-state index contributed by atoms with van der Waals surface area (Å²) >= 11 is 5.97. The van der Waals surface area contributed by atoms with Gasteiger partial charge in [-0.2, -0.15) is 0 Å². The average Bonchev–Trinajstić information content (AvgIpc) is 2.97. The fraction of sp³-hybridized carbons (Fsp3) is 0.353. The number of nitrogens with zero attached hydrogens (tertiary/aromatic N) is 2. The van der Waals surface area contributed by atoms with Crippen LogP contribution in [-0.4, -0.2) is 57.2 Å². The number of hydrogen-bond acceptors (Lipinski definition) is 4. The molecular weight excluding hydrogens is 314 g/mol. The lowest BCUT2D eigenvalue weighted by atomic mass is 10.1. The molecule has 1 heterocycles. The minimum atomic E-state index is -0.378. The van der Waals surface area contributed by atoms with Gasteiger partial charge in [-0.1, -0.05) is 23.7 Å². The minimum absolute atomic E-state index is 0.378. The number of H-pyrrole nitrogens is 1. The third-order valence-corrected chi connectivity index (χ3v) is 3.91. The number of anilines is 1. The Kier molecular flexibility index (Phi) is 5.69. The fourth-order valence-corrected chi connectivity index (χ4v) is 2.51. The molecule has 0 saturated carbocycles. The summed E-state index contributed by atoms with van der Waals surface area (Å²) in [5.41, 5.74) is 3.23. The second kappa shape index (κ2) is 7.53. The topological polar surface area (TPSA) is 48.6 Å². The van der Waals surface area contributed by atoms with E-state index >= 15 is 0 Å². The van der Waals surface area contributed by atoms with Gasteiger partial charge in [0.1, 0.15) is 5.69 Å². The number of carbonyl (C=O) groups excluding carboxylic acids is 1. The van der Waals surface area contributed by atoms with Crippen molar-refractivity contribution in [1.29, 1.82) is 0 Å². The summed E-state index contributed by atoms with van der Waals surface area (Å²) in [6.45, 7) is 1.66. The minimum Gasteiger partial charge on any atom is -0.464 e. The molecule has 0 amide bonds. The molecule has 2 aromatic rings. The zero-order valence-electron chi connectivity index (χ0n) is 13.9. The molecule has 0 aliphatic carbocycles. The zero-order valence-corrected chi connectivity index (χ0v) is 14.6. The van der Waals surface area contributed by atoms with Crippen molar-refractivity contribution in [2.45, 2.75) is 0 Å². The molecule has 0 saturated heterocycles. The maximum atomic E-state index is 12.1. The number of esters is 1. The van der Waals surface area contributed by atoms with Crippen LogP contribution in [0.3, 0.4) is 0 Å². The molecule has 0 bridgehead atoms. The Labute approximate surface area is 141 Å². The van der Waals surface area contributed by atoms with Crippen LogP contribution < -0.4 is 4.90 Å². The number of rotatable bonds is 6. The second-order valence-corrected chi connectivity index (χ2v) is 6.09. The molecule has 1 aromatic heterocycles. The Hall–Kier alpha value is -1.98. The van der Waals surface area contributed by atoms with Crippen LogP contribution >= 0.6 is 11.6 Å². The molecule has 0 fully saturated rings. The summed E-state index contributed by atoms with van der Waals surface area (Å²) in [5, 5.41) is 0.681. The highest BCUT2D eigenvalue weighted by Gasteiger charge is 2.22. The lowest BCUT2D eigenvalue weighted by Crippen LogP contribution is -2.29. The van der Waals surface area contributed by atoms with E-state index in [1.54, 1.807) is 0 Å². The van der Waals surface area contributed by atoms with E-state index in [1.807, 2.05) is 51.6 Å². The molecule has 0 spiro atoms. The number of halogens is 1. The summed E-state index contributed by atoms with van der Waals surface area (Å²) in [5.74, 6) is -0.378. The van der Waals surface area contributed by atoms with Gasteiger partial charge in [0.15, 0.2) is 0 Å². The molecule has 1 N–H and O–H groups in total. The van der Waals surface area contributed by atoms with Gasteiger partial charge in [-0.3, -0.25) is 0 Å². The Morgan fingerprint density at radius 2 is 1.83 bits per heavy atom. The Morgan fingerprint density at radius 3 is 2.39 bits per heavy atom. The van der Waals surface area contributed by atoms with Gasteiger partial charge >= 0.3 is 5.97 Å². The van der Waals surface area contributed by atoms with E-state index in [-0.39, 0.29) is 5.97 Å². The number of likely N-dealkylation sites (N-methyl/N-ethyl adjacent to an activating group) is 2. The monoisotopic (exact) mass is 335 g/mol. The van der Waals surface area contributed by atoms with Crippen molar-refractivity contribution in [1.82, 2.24) is 9.88 Å². The molecule has 124 valence electrons. The lowest BCUT2D eigenvalue weighted by Gasteiger charge is -2.23. The lowest BCUT2D eigenvalue weighted by molar-refractivity contribution is 0.0595. The molecule has 2 rings (SSSR count). The van der Waals surface area contributed by atoms with Gasteiger partial charge in [0.05, 0.1) is 12.8 Å². The first-order valence-corrected chi connectivity index (χ1v) is 7.73. The van der Waals surface area contributed by atoms with Crippen molar-refractivity contribution in [3.05, 3.63) is 41.2 Å². The van der Waals surface area contributed by atoms with Gasteiger partial charge < -0.3 is 19.5 Å². The van der Waals surface area contributed by atoms with Gasteiger partial charge in [0.2, 0.25) is 0 Å². The first-order chi connectivity index (χ1) is 10.9. The second-order valence-electron chi connectivity index (χ2n) is 5.65. The van der Waals surface area contributed by atoms with Crippen molar-refractivity contribution < 1.29 is 9.53 Å². The summed E-state index contributed by atoms with van der Waals surface area (Å²) in [4.78, 5) is 19.3. The summed E-state index contributed by atoms with van der Waals surface area (Å²) in [7, 11) is 7.39. The van der Waals surface area contributed by atoms with Crippen LogP contribution in [0.15, 0.2) is 30.5 Å². The highest BCUT2D eigenvalue weighted by Crippen LogP contribution is 2.34. The van der Waals surface area contributed by atoms with E-state index < -0.39 is 0 Å². The van der Waals surface area contributed by atoms with Gasteiger partial charge in [0, 0.05) is 36.9 Å². The number of aromatic nitrogens is 1. The van der Waals surface area contributed by atoms with Crippen LogP contribution in [0.25, 0.3) is 11.1 Å². The highest BCUT2D eigenvalue weighted by molar-refractivity contribution is 6.30. The molecule has 0 aliphatic heterocycles. The molecule has 0 unspecified atom stereocenters. The number of hydrogen-bond donors (Lipinski definition) is 1. The van der Waals surface area contributed by atoms with Gasteiger partial charge in [-0.25, -0.2) is 4.79 Å². The van der Waals surface area contributed by atoms with Gasteiger partial charge in [-0.15, -0.1) is 0 Å². The molecule has 5 nitrogen and oxygen atoms in total. The molecule has 0 radical (unpaired) electrons. The number of ether oxygens (including phenoxy) is 1. The van der Waals surface area contributed by atoms with Crippen LogP contribution in [0.4, 0.5) is 5.69 Å². The standard InChI is InChI=1S/C17H22ClN3O2/c1-20(2)9-10-21(3)16-14(11-19-15(16)17(22)23-4)12-5-7-13(18)8-6-12/h5-8,11,19H,9-10H2,1-4H3. The van der Waals surface area contributed by atoms with Crippen LogP contribution in [0.1, 0.15) is 10.5 Å². The molecular formula is C17H22ClN3O2. The molecule has 0 aliphatic rings. The number of nitrogens with one attached hydrogen (secondary N) is 1. The Bertz CT molecular complexity index is 665. The van der Waals surface area contributed by atoms with E-state index in [1.165, 1.54) is 7.11 Å². The molecule has 0 atom stereocenters. The quantitative estimate of drug-likeness (QED) is 0.824. The third kappa shape index (κ3) is 4.06. The zero-order chi connectivity index (χ0) is 17.0. The largest absolute Gasteiger partial charge is 0.464 e. The number of carbonyl (C=O) groups is 1. The third-order valence-electron chi connectivity index (χ3n) is 3.66. The van der Waals surface area contributed by atoms with Crippen molar-refractivity contribution in [3.63, 3.8) is 0 Å². The number of benzene rings is 1. The maximum absolute atomic E-state index is 12.1. The summed E-state index contributed by atoms with van der Waals surface area (Å²) < 4.78 is 4.89. The van der Waals surface area contributed by atoms with E-state index in [9.17, 15) is 4.79 Å². The smallest absolute Gasteiger partial charge is 0.356 e. The van der Waals surface area contributed by atoms with Crippen molar-refractivity contribution in [2.75, 3.05) is 46.2 Å². The van der Waals surface area contributed by atoms with E-state index in [0.29, 0.717) is 10.7 Å². The number of methoxy groups -OCH3 is 1. The number of aromatic amines is 1. The Morgan fingerprint density at radius 1 is 1.17 bits per heavy atom. The van der Waals surface area contributed by atoms with Crippen molar-refractivity contribution >= 4 is 23.3 Å². The van der Waals surface area contributed by atoms with Crippen LogP contribution in [-0.2, 0) is 4.74 Å². The first kappa shape index (κ1) is 17.4. The predicted octanol–water partition coefficient (Wildman–Crippen LogP) is 3.12. The van der Waals surface area contributed by atoms with E-state index in [0.717, 1.165) is 29.9 Å². The molecule has 1 aromatic carbocycles. The van der Waals surface area contributed by atoms with Gasteiger partial charge in [-0.05, 0) is 31.8 Å². The SMILES string of the molecule is COC(=O)c1[nH]cc(-c2ccc(Cl)cc2)c1N(C)CCN(C)C. The first-order valence-electron chi connectivity index (χ1n) is 7.35. The van der Waals surface area contributed by atoms with E-state index in [2.05, 4.69) is 14.8 Å². The van der Waals surface area contributed by atoms with Crippen molar-refractivity contribution in [2.24, 2.45) is 0 Å². The highest BCUT2D eigenvalue weighted by atomic mass is 35.5. The van der Waals surface area contributed by atoms with Crippen LogP contribution in [0.2, 0.25) is 5.02 Å². The maximum Gasteiger partial charge on any atom is 0.356 e. The van der Waals surface area contributed by atoms with Crippen molar-refractivity contribution in [3.8, 4) is 11.1 Å². The summed E-state index contributed by atoms with van der Waals surface area (Å²) in [6, 6.07) is 7.56. The van der Waals surface area contributed by atoms with E-state index in [4.69, 9.17) is 16.3 Å². The average molecular weight is 336 g/mol. The molecule has 6 heteroatoms. The van der Waals surface area contributed by atoms with Crippen LogP contribution in [0, 0.1) is 0 Å². The predicted molar refractivity (Wildman–Crippen MR) is 94.4 cm³/mol. The fourth-order valence-electron chi connectivity index (χ4n) is 2.38. The summed E-state index contributed by atoms with van der Waals surface area (Å²) in [6.07, 6.45) is 1.83. The normalized spacial score (nSPS) is 10.9. The molecule has 23 heavy (non-hydrogen) atoms. The van der Waals surface area contributed by atoms with Gasteiger partial charge in [0.25, 0.3) is 0 Å².